The summed E-state index contributed by atoms with van der Waals surface area (Å²) >= 11 is 0. The van der Waals surface area contributed by atoms with Gasteiger partial charge in [-0.1, -0.05) is 18.2 Å². The molecule has 1 heterocycles. The maximum absolute atomic E-state index is 12.9. The van der Waals surface area contributed by atoms with E-state index in [4.69, 9.17) is 0 Å². The van der Waals surface area contributed by atoms with Crippen LogP contribution in [0.5, 0.6) is 0 Å². The van der Waals surface area contributed by atoms with E-state index >= 15 is 0 Å². The number of carbonyl (C=O) groups is 3. The normalized spacial score (nSPS) is 16.5. The molecule has 2 aromatic rings. The first-order valence-electron chi connectivity index (χ1n) is 11.2. The predicted molar refractivity (Wildman–Crippen MR) is 125 cm³/mol. The minimum absolute atomic E-state index is 0.0300. The number of nitrogens with one attached hydrogen (secondary N) is 2. The van der Waals surface area contributed by atoms with Gasteiger partial charge in [-0.25, -0.2) is 0 Å². The maximum Gasteiger partial charge on any atom is 0.254 e. The van der Waals surface area contributed by atoms with Crippen LogP contribution in [-0.4, -0.2) is 60.2 Å². The summed E-state index contributed by atoms with van der Waals surface area (Å²) in [5.41, 5.74) is 4.30. The molecule has 1 saturated heterocycles. The summed E-state index contributed by atoms with van der Waals surface area (Å²) in [5.74, 6) is 0.0569. The van der Waals surface area contributed by atoms with E-state index in [9.17, 15) is 14.4 Å². The molecule has 3 amide bonds. The first-order chi connectivity index (χ1) is 15.4. The molecular weight excluding hydrogens is 404 g/mol. The van der Waals surface area contributed by atoms with Crippen molar-refractivity contribution >= 4 is 29.1 Å². The topological polar surface area (TPSA) is 81.8 Å². The van der Waals surface area contributed by atoms with Gasteiger partial charge in [0.2, 0.25) is 11.8 Å². The van der Waals surface area contributed by atoms with Crippen LogP contribution in [0, 0.1) is 19.8 Å². The van der Waals surface area contributed by atoms with Gasteiger partial charge in [0.15, 0.2) is 0 Å². The molecule has 0 radical (unpaired) electrons. The number of nitrogens with zero attached hydrogens (tertiary/aromatic N) is 2. The van der Waals surface area contributed by atoms with Crippen molar-refractivity contribution in [3.05, 3.63) is 59.2 Å². The average molecular weight is 435 g/mol. The molecule has 0 unspecified atom stereocenters. The minimum atomic E-state index is -0.0491. The smallest absolute Gasteiger partial charge is 0.254 e. The van der Waals surface area contributed by atoms with Crippen molar-refractivity contribution in [3.8, 4) is 0 Å². The van der Waals surface area contributed by atoms with Crippen LogP contribution in [0.15, 0.2) is 42.5 Å². The van der Waals surface area contributed by atoms with Gasteiger partial charge in [0.05, 0.1) is 6.54 Å². The number of benzene rings is 2. The van der Waals surface area contributed by atoms with Crippen molar-refractivity contribution in [1.29, 1.82) is 0 Å². The number of carbonyl (C=O) groups excluding carboxylic acids is 3. The van der Waals surface area contributed by atoms with Crippen LogP contribution in [0.25, 0.3) is 0 Å². The van der Waals surface area contributed by atoms with E-state index in [1.807, 2.05) is 38.1 Å². The molecule has 2 aromatic carbocycles. The van der Waals surface area contributed by atoms with Gasteiger partial charge in [0.1, 0.15) is 0 Å². The number of rotatable bonds is 6. The van der Waals surface area contributed by atoms with E-state index < -0.39 is 0 Å². The molecular formula is C25H30N4O3. The molecule has 7 heteroatoms. The number of piperazine rings is 1. The third kappa shape index (κ3) is 5.34. The number of aryl methyl sites for hydroxylation is 1. The third-order valence-electron chi connectivity index (χ3n) is 6.23. The van der Waals surface area contributed by atoms with Crippen LogP contribution in [0.3, 0.4) is 0 Å². The van der Waals surface area contributed by atoms with Crippen molar-refractivity contribution in [1.82, 2.24) is 9.80 Å². The molecule has 0 aromatic heterocycles. The Balaban J connectivity index is 1.27. The standard InChI is InChI=1S/C25H30N4O3/c1-17-5-3-8-22(18(17)2)27-23(30)16-28-11-13-29(14-12-28)25(32)20-6-4-7-21(15-20)26-24(31)19-9-10-19/h3-8,15,19H,9-14,16H2,1-2H3,(H,26,31)(H,27,30). The zero-order valence-corrected chi connectivity index (χ0v) is 18.7. The predicted octanol–water partition coefficient (Wildman–Crippen LogP) is 3.05. The number of amides is 3. The van der Waals surface area contributed by atoms with Gasteiger partial charge in [-0.15, -0.1) is 0 Å². The molecule has 32 heavy (non-hydrogen) atoms. The molecule has 0 bridgehead atoms. The zero-order chi connectivity index (χ0) is 22.7. The molecule has 7 nitrogen and oxygen atoms in total. The van der Waals surface area contributed by atoms with Crippen LogP contribution >= 0.6 is 0 Å². The van der Waals surface area contributed by atoms with Crippen LogP contribution in [-0.2, 0) is 9.59 Å². The van der Waals surface area contributed by atoms with E-state index in [0.29, 0.717) is 44.0 Å². The van der Waals surface area contributed by atoms with Crippen molar-refractivity contribution in [2.24, 2.45) is 5.92 Å². The number of hydrogen-bond acceptors (Lipinski definition) is 4. The number of hydrogen-bond donors (Lipinski definition) is 2. The van der Waals surface area contributed by atoms with Gasteiger partial charge in [0.25, 0.3) is 5.91 Å². The molecule has 1 saturated carbocycles. The Bertz CT molecular complexity index is 1020. The van der Waals surface area contributed by atoms with Crippen LogP contribution < -0.4 is 10.6 Å². The highest BCUT2D eigenvalue weighted by Gasteiger charge is 2.30. The van der Waals surface area contributed by atoms with Crippen molar-refractivity contribution in [2.45, 2.75) is 26.7 Å². The van der Waals surface area contributed by atoms with Gasteiger partial charge in [-0.05, 0) is 62.1 Å². The molecule has 1 aliphatic heterocycles. The Morgan fingerprint density at radius 1 is 0.938 bits per heavy atom. The maximum atomic E-state index is 12.9. The second-order valence-corrected chi connectivity index (χ2v) is 8.71. The summed E-state index contributed by atoms with van der Waals surface area (Å²) in [4.78, 5) is 41.3. The van der Waals surface area contributed by atoms with E-state index in [2.05, 4.69) is 15.5 Å². The van der Waals surface area contributed by atoms with E-state index in [1.165, 1.54) is 0 Å². The fraction of sp³-hybridized carbons (Fsp3) is 0.400. The quantitative estimate of drug-likeness (QED) is 0.732. The largest absolute Gasteiger partial charge is 0.336 e. The van der Waals surface area contributed by atoms with Gasteiger partial charge in [-0.2, -0.15) is 0 Å². The van der Waals surface area contributed by atoms with E-state index in [-0.39, 0.29) is 23.6 Å². The summed E-state index contributed by atoms with van der Waals surface area (Å²) in [5, 5.41) is 5.89. The Hall–Kier alpha value is -3.19. The van der Waals surface area contributed by atoms with Crippen molar-refractivity contribution in [2.75, 3.05) is 43.4 Å². The highest BCUT2D eigenvalue weighted by molar-refractivity contribution is 5.98. The van der Waals surface area contributed by atoms with Crippen LogP contribution in [0.2, 0.25) is 0 Å². The lowest BCUT2D eigenvalue weighted by atomic mass is 10.1. The second-order valence-electron chi connectivity index (χ2n) is 8.71. The molecule has 2 fully saturated rings. The third-order valence-corrected chi connectivity index (χ3v) is 6.23. The first-order valence-corrected chi connectivity index (χ1v) is 11.2. The molecule has 0 atom stereocenters. The average Bonchev–Trinajstić information content (AvgIpc) is 3.63. The van der Waals surface area contributed by atoms with Gasteiger partial charge < -0.3 is 15.5 Å². The van der Waals surface area contributed by atoms with Crippen molar-refractivity contribution in [3.63, 3.8) is 0 Å². The summed E-state index contributed by atoms with van der Waals surface area (Å²) in [6.45, 7) is 6.74. The lowest BCUT2D eigenvalue weighted by Gasteiger charge is -2.34. The van der Waals surface area contributed by atoms with Crippen LogP contribution in [0.1, 0.15) is 34.3 Å². The van der Waals surface area contributed by atoms with Gasteiger partial charge in [-0.3, -0.25) is 19.3 Å². The first kappa shape index (κ1) is 22.0. The van der Waals surface area contributed by atoms with E-state index in [0.717, 1.165) is 29.7 Å². The highest BCUT2D eigenvalue weighted by Crippen LogP contribution is 2.30. The Kier molecular flexibility index (Phi) is 6.55. The Morgan fingerprint density at radius 2 is 1.66 bits per heavy atom. The summed E-state index contributed by atoms with van der Waals surface area (Å²) < 4.78 is 0. The lowest BCUT2D eigenvalue weighted by molar-refractivity contribution is -0.118. The number of anilines is 2. The molecule has 0 spiro atoms. The Morgan fingerprint density at radius 3 is 2.38 bits per heavy atom. The molecule has 2 N–H and O–H groups in total. The lowest BCUT2D eigenvalue weighted by Crippen LogP contribution is -2.50. The molecule has 4 rings (SSSR count). The highest BCUT2D eigenvalue weighted by atomic mass is 16.2. The fourth-order valence-electron chi connectivity index (χ4n) is 3.89. The van der Waals surface area contributed by atoms with Gasteiger partial charge >= 0.3 is 0 Å². The molecule has 2 aliphatic rings. The van der Waals surface area contributed by atoms with Gasteiger partial charge in [0, 0.05) is 49.0 Å². The fourth-order valence-corrected chi connectivity index (χ4v) is 3.89. The van der Waals surface area contributed by atoms with E-state index in [1.54, 1.807) is 23.1 Å². The summed E-state index contributed by atoms with van der Waals surface area (Å²) in [7, 11) is 0. The van der Waals surface area contributed by atoms with Crippen molar-refractivity contribution < 1.29 is 14.4 Å². The monoisotopic (exact) mass is 434 g/mol. The molecule has 1 aliphatic carbocycles. The summed E-state index contributed by atoms with van der Waals surface area (Å²) in [6, 6.07) is 13.0. The Labute approximate surface area is 188 Å². The zero-order valence-electron chi connectivity index (χ0n) is 18.7. The molecule has 168 valence electrons. The van der Waals surface area contributed by atoms with Crippen LogP contribution in [0.4, 0.5) is 11.4 Å². The minimum Gasteiger partial charge on any atom is -0.336 e. The summed E-state index contributed by atoms with van der Waals surface area (Å²) in [6.07, 6.45) is 1.88. The SMILES string of the molecule is Cc1cccc(NC(=O)CN2CCN(C(=O)c3cccc(NC(=O)C4CC4)c3)CC2)c1C. The second kappa shape index (κ2) is 9.53.